The average molecular weight is 538 g/mol. The molecule has 1 rings (SSSR count). The highest BCUT2D eigenvalue weighted by Crippen LogP contribution is 2.10. The Morgan fingerprint density at radius 1 is 0.919 bits per heavy atom. The van der Waals surface area contributed by atoms with E-state index in [1.165, 1.54) is 11.8 Å². The van der Waals surface area contributed by atoms with Crippen LogP contribution in [0.2, 0.25) is 0 Å². The number of carboxylic acid groups (broad SMARTS) is 1. The van der Waals surface area contributed by atoms with Crippen molar-refractivity contribution in [3.8, 4) is 0 Å². The Labute approximate surface area is 224 Å². The Morgan fingerprint density at radius 2 is 1.51 bits per heavy atom. The van der Waals surface area contributed by atoms with Crippen molar-refractivity contribution in [3.05, 3.63) is 35.9 Å². The first-order chi connectivity index (χ1) is 17.6. The van der Waals surface area contributed by atoms with Gasteiger partial charge in [-0.15, -0.1) is 0 Å². The van der Waals surface area contributed by atoms with Crippen LogP contribution in [0.25, 0.3) is 0 Å². The largest absolute Gasteiger partial charge is 0.480 e. The summed E-state index contributed by atoms with van der Waals surface area (Å²) in [6.45, 7) is 4.22. The van der Waals surface area contributed by atoms with Crippen LogP contribution < -0.4 is 27.4 Å². The molecule has 0 aromatic heterocycles. The summed E-state index contributed by atoms with van der Waals surface area (Å²) in [4.78, 5) is 50.9. The third-order valence-electron chi connectivity index (χ3n) is 6.28. The molecule has 0 bridgehead atoms. The van der Waals surface area contributed by atoms with Gasteiger partial charge in [-0.05, 0) is 55.7 Å². The molecule has 0 fully saturated rings. The molecule has 5 atom stereocenters. The number of aliphatic carboxylic acids is 1. The highest BCUT2D eigenvalue weighted by Gasteiger charge is 2.31. The van der Waals surface area contributed by atoms with Gasteiger partial charge < -0.3 is 32.5 Å². The highest BCUT2D eigenvalue weighted by atomic mass is 32.2. The fraction of sp³-hybridized carbons (Fsp3) is 0.615. The van der Waals surface area contributed by atoms with Crippen LogP contribution in [0.4, 0.5) is 0 Å². The van der Waals surface area contributed by atoms with Crippen LogP contribution in [0.5, 0.6) is 0 Å². The van der Waals surface area contributed by atoms with E-state index >= 15 is 0 Å². The number of carboxylic acids is 1. The lowest BCUT2D eigenvalue weighted by Gasteiger charge is -2.26. The second-order valence-electron chi connectivity index (χ2n) is 9.19. The Hall–Kier alpha value is -2.63. The van der Waals surface area contributed by atoms with Crippen molar-refractivity contribution in [2.24, 2.45) is 17.4 Å². The van der Waals surface area contributed by atoms with Crippen molar-refractivity contribution in [1.82, 2.24) is 16.0 Å². The standard InChI is InChI=1S/C26H43N5O5S/c1-4-17(2)22(28)25(34)31-21(16-18-10-6-5-7-11-18)24(33)29-19(12-8-9-14-27)23(32)30-20(26(35)36)13-15-37-3/h5-7,10-11,17,19-22H,4,8-9,12-16,27-28H2,1-3H3,(H,29,33)(H,30,32)(H,31,34)(H,35,36). The van der Waals surface area contributed by atoms with E-state index in [9.17, 15) is 24.3 Å². The van der Waals surface area contributed by atoms with Gasteiger partial charge in [-0.3, -0.25) is 14.4 Å². The van der Waals surface area contributed by atoms with E-state index in [-0.39, 0.29) is 25.2 Å². The monoisotopic (exact) mass is 537 g/mol. The molecule has 1 aromatic rings. The summed E-state index contributed by atoms with van der Waals surface area (Å²) in [6, 6.07) is 5.40. The number of hydrogen-bond acceptors (Lipinski definition) is 7. The number of nitrogens with one attached hydrogen (secondary N) is 3. The van der Waals surface area contributed by atoms with Crippen molar-refractivity contribution in [2.45, 2.75) is 76.5 Å². The Balaban J connectivity index is 3.10. The molecule has 11 heteroatoms. The second kappa shape index (κ2) is 17.8. The molecule has 37 heavy (non-hydrogen) atoms. The highest BCUT2D eigenvalue weighted by molar-refractivity contribution is 7.98. The van der Waals surface area contributed by atoms with Gasteiger partial charge in [0.15, 0.2) is 0 Å². The Bertz CT molecular complexity index is 857. The molecule has 0 heterocycles. The number of hydrogen-bond donors (Lipinski definition) is 6. The minimum atomic E-state index is -1.14. The summed E-state index contributed by atoms with van der Waals surface area (Å²) in [7, 11) is 0. The van der Waals surface area contributed by atoms with Gasteiger partial charge in [0.1, 0.15) is 18.1 Å². The summed E-state index contributed by atoms with van der Waals surface area (Å²) in [5.74, 6) is -2.23. The minimum Gasteiger partial charge on any atom is -0.480 e. The molecule has 10 nitrogen and oxygen atoms in total. The van der Waals surface area contributed by atoms with Crippen molar-refractivity contribution < 1.29 is 24.3 Å². The molecule has 3 amide bonds. The van der Waals surface area contributed by atoms with Gasteiger partial charge in [0.25, 0.3) is 0 Å². The molecule has 1 aromatic carbocycles. The van der Waals surface area contributed by atoms with Gasteiger partial charge in [-0.25, -0.2) is 4.79 Å². The van der Waals surface area contributed by atoms with Crippen LogP contribution in [-0.4, -0.2) is 71.5 Å². The van der Waals surface area contributed by atoms with E-state index in [0.717, 1.165) is 5.56 Å². The van der Waals surface area contributed by atoms with Gasteiger partial charge in [0, 0.05) is 6.42 Å². The van der Waals surface area contributed by atoms with Crippen LogP contribution in [0.1, 0.15) is 51.5 Å². The lowest BCUT2D eigenvalue weighted by molar-refractivity contribution is -0.142. The number of amides is 3. The number of rotatable bonds is 18. The summed E-state index contributed by atoms with van der Waals surface area (Å²) in [5.41, 5.74) is 12.5. The van der Waals surface area contributed by atoms with Gasteiger partial charge in [0.2, 0.25) is 17.7 Å². The van der Waals surface area contributed by atoms with Crippen LogP contribution in [-0.2, 0) is 25.6 Å². The number of thioether (sulfide) groups is 1. The topological polar surface area (TPSA) is 177 Å². The lowest BCUT2D eigenvalue weighted by atomic mass is 9.98. The first-order valence-corrected chi connectivity index (χ1v) is 14.2. The summed E-state index contributed by atoms with van der Waals surface area (Å²) < 4.78 is 0. The molecule has 0 spiro atoms. The number of nitrogens with two attached hydrogens (primary N) is 2. The third kappa shape index (κ3) is 12.0. The maximum absolute atomic E-state index is 13.4. The van der Waals surface area contributed by atoms with E-state index in [2.05, 4.69) is 16.0 Å². The van der Waals surface area contributed by atoms with Crippen molar-refractivity contribution in [3.63, 3.8) is 0 Å². The number of carbonyl (C=O) groups excluding carboxylic acids is 3. The van der Waals surface area contributed by atoms with E-state index in [1.807, 2.05) is 50.4 Å². The van der Waals surface area contributed by atoms with Crippen molar-refractivity contribution in [2.75, 3.05) is 18.6 Å². The van der Waals surface area contributed by atoms with Gasteiger partial charge >= 0.3 is 5.97 Å². The normalized spacial score (nSPS) is 15.1. The molecule has 0 aliphatic carbocycles. The first-order valence-electron chi connectivity index (χ1n) is 12.8. The Morgan fingerprint density at radius 3 is 2.08 bits per heavy atom. The van der Waals surface area contributed by atoms with Gasteiger partial charge in [0.05, 0.1) is 6.04 Å². The molecule has 208 valence electrons. The summed E-state index contributed by atoms with van der Waals surface area (Å²) >= 11 is 1.48. The van der Waals surface area contributed by atoms with E-state index in [1.54, 1.807) is 0 Å². The summed E-state index contributed by atoms with van der Waals surface area (Å²) in [5, 5.41) is 17.5. The van der Waals surface area contributed by atoms with E-state index in [0.29, 0.717) is 31.6 Å². The minimum absolute atomic E-state index is 0.0792. The zero-order valence-electron chi connectivity index (χ0n) is 22.1. The molecule has 0 saturated carbocycles. The molecule has 0 aliphatic rings. The SMILES string of the molecule is CCC(C)C(N)C(=O)NC(Cc1ccccc1)C(=O)NC(CCCCN)C(=O)NC(CCSC)C(=O)O. The summed E-state index contributed by atoms with van der Waals surface area (Å²) in [6.07, 6.45) is 4.50. The zero-order valence-corrected chi connectivity index (χ0v) is 22.9. The molecule has 0 radical (unpaired) electrons. The molecule has 0 aliphatic heterocycles. The predicted octanol–water partition coefficient (Wildman–Crippen LogP) is 1.02. The molecular formula is C26H43N5O5S. The maximum atomic E-state index is 13.4. The number of benzene rings is 1. The fourth-order valence-electron chi connectivity index (χ4n) is 3.64. The predicted molar refractivity (Wildman–Crippen MR) is 147 cm³/mol. The smallest absolute Gasteiger partial charge is 0.326 e. The molecule has 5 unspecified atom stereocenters. The zero-order chi connectivity index (χ0) is 27.8. The average Bonchev–Trinajstić information content (AvgIpc) is 2.89. The van der Waals surface area contributed by atoms with Crippen LogP contribution >= 0.6 is 11.8 Å². The maximum Gasteiger partial charge on any atom is 0.326 e. The van der Waals surface area contributed by atoms with Crippen LogP contribution in [0.3, 0.4) is 0 Å². The fourth-order valence-corrected chi connectivity index (χ4v) is 4.11. The van der Waals surface area contributed by atoms with Gasteiger partial charge in [-0.2, -0.15) is 11.8 Å². The first kappa shape index (κ1) is 32.4. The van der Waals surface area contributed by atoms with Gasteiger partial charge in [-0.1, -0.05) is 50.6 Å². The van der Waals surface area contributed by atoms with E-state index in [4.69, 9.17) is 11.5 Å². The van der Waals surface area contributed by atoms with Crippen molar-refractivity contribution >= 4 is 35.5 Å². The molecular weight excluding hydrogens is 494 g/mol. The number of carbonyl (C=O) groups is 4. The van der Waals surface area contributed by atoms with E-state index < -0.39 is 47.9 Å². The quantitative estimate of drug-likeness (QED) is 0.150. The van der Waals surface area contributed by atoms with Crippen LogP contribution in [0.15, 0.2) is 30.3 Å². The number of unbranched alkanes of at least 4 members (excludes halogenated alkanes) is 1. The molecule has 8 N–H and O–H groups in total. The second-order valence-corrected chi connectivity index (χ2v) is 10.2. The Kier molecular flexibility index (Phi) is 15.6. The lowest BCUT2D eigenvalue weighted by Crippen LogP contribution is -2.58. The third-order valence-corrected chi connectivity index (χ3v) is 6.92. The molecule has 0 saturated heterocycles. The van der Waals surface area contributed by atoms with Crippen LogP contribution in [0, 0.1) is 5.92 Å². The van der Waals surface area contributed by atoms with Crippen molar-refractivity contribution in [1.29, 1.82) is 0 Å².